The second-order valence-electron chi connectivity index (χ2n) is 9.35. The predicted octanol–water partition coefficient (Wildman–Crippen LogP) is 6.84. The maximum atomic E-state index is 14.0. The zero-order valence-corrected chi connectivity index (χ0v) is 21.9. The van der Waals surface area contributed by atoms with Crippen molar-refractivity contribution in [1.29, 1.82) is 0 Å². The Labute approximate surface area is 227 Å². The summed E-state index contributed by atoms with van der Waals surface area (Å²) in [6.07, 6.45) is 5.11. The van der Waals surface area contributed by atoms with Crippen LogP contribution in [0.3, 0.4) is 0 Å². The topological polar surface area (TPSA) is 58.1 Å². The molecule has 0 saturated carbocycles. The van der Waals surface area contributed by atoms with Gasteiger partial charge in [-0.1, -0.05) is 24.3 Å². The molecular formula is C31H24F2N4OS. The van der Waals surface area contributed by atoms with Crippen LogP contribution < -0.4 is 5.43 Å². The molecule has 5 nitrogen and oxygen atoms in total. The van der Waals surface area contributed by atoms with Crippen molar-refractivity contribution in [2.45, 2.75) is 18.0 Å². The Hall–Kier alpha value is -4.27. The van der Waals surface area contributed by atoms with E-state index in [1.165, 1.54) is 24.3 Å². The largest absolute Gasteiger partial charge is 0.302 e. The smallest absolute Gasteiger partial charge is 0.146 e. The quantitative estimate of drug-likeness (QED) is 0.257. The lowest BCUT2D eigenvalue weighted by Gasteiger charge is -2.18. The summed E-state index contributed by atoms with van der Waals surface area (Å²) in [5.74, 6) is 0.0500. The molecule has 0 aliphatic carbocycles. The summed E-state index contributed by atoms with van der Waals surface area (Å²) in [5.41, 5.74) is 10.5. The number of aromatic nitrogens is 2. The maximum absolute atomic E-state index is 14.0. The highest BCUT2D eigenvalue weighted by Gasteiger charge is 2.29. The number of benzene rings is 3. The van der Waals surface area contributed by atoms with Gasteiger partial charge in [-0.25, -0.2) is 18.8 Å². The summed E-state index contributed by atoms with van der Waals surface area (Å²) >= 11 is 0. The SMILES string of the molecule is CS(=O)c1ccc(CN2Cc3c(nc(-c4ccc(F)cc4)c(-c4ccncc4)c3-c3ccc(F)cc3)N2)cc1. The van der Waals surface area contributed by atoms with Crippen molar-refractivity contribution < 1.29 is 13.0 Å². The molecule has 39 heavy (non-hydrogen) atoms. The Morgan fingerprint density at radius 3 is 2.00 bits per heavy atom. The standard InChI is InChI=1S/C31H24F2N4OS/c1-39(38)26-12-2-20(3-13-26)18-37-19-27-28(21-4-8-24(32)9-5-21)29(22-14-16-34-17-15-22)30(35-31(27)36-37)23-6-10-25(33)11-7-23/h2-17H,18-19H2,1H3,(H,35,36). The summed E-state index contributed by atoms with van der Waals surface area (Å²) in [5, 5.41) is 2.06. The van der Waals surface area contributed by atoms with Crippen LogP contribution in [0, 0.1) is 11.6 Å². The Morgan fingerprint density at radius 1 is 0.795 bits per heavy atom. The molecule has 0 fully saturated rings. The molecule has 5 aromatic rings. The van der Waals surface area contributed by atoms with Crippen molar-refractivity contribution in [3.63, 3.8) is 0 Å². The molecular weight excluding hydrogens is 514 g/mol. The van der Waals surface area contributed by atoms with Crippen molar-refractivity contribution in [1.82, 2.24) is 15.0 Å². The van der Waals surface area contributed by atoms with Gasteiger partial charge < -0.3 is 5.43 Å². The normalized spacial score (nSPS) is 13.6. The minimum Gasteiger partial charge on any atom is -0.302 e. The number of pyridine rings is 2. The fourth-order valence-corrected chi connectivity index (χ4v) is 5.42. The van der Waals surface area contributed by atoms with E-state index < -0.39 is 10.8 Å². The molecule has 0 bridgehead atoms. The van der Waals surface area contributed by atoms with E-state index in [-0.39, 0.29) is 11.6 Å². The number of hydrogen-bond donors (Lipinski definition) is 1. The number of hydrazine groups is 1. The van der Waals surface area contributed by atoms with Gasteiger partial charge in [0.25, 0.3) is 0 Å². The number of hydrogen-bond acceptors (Lipinski definition) is 5. The molecule has 0 amide bonds. The molecule has 1 aliphatic heterocycles. The van der Waals surface area contributed by atoms with Gasteiger partial charge in [0.05, 0.1) is 5.69 Å². The Morgan fingerprint density at radius 2 is 1.38 bits per heavy atom. The third-order valence-corrected chi connectivity index (χ3v) is 7.70. The van der Waals surface area contributed by atoms with E-state index in [0.29, 0.717) is 24.6 Å². The van der Waals surface area contributed by atoms with E-state index in [2.05, 4.69) is 15.4 Å². The minimum atomic E-state index is -1.04. The summed E-state index contributed by atoms with van der Waals surface area (Å²) in [6, 6.07) is 24.3. The van der Waals surface area contributed by atoms with Crippen LogP contribution in [0.2, 0.25) is 0 Å². The summed E-state index contributed by atoms with van der Waals surface area (Å²) in [6.45, 7) is 1.14. The summed E-state index contributed by atoms with van der Waals surface area (Å²) < 4.78 is 39.6. The van der Waals surface area contributed by atoms with Crippen molar-refractivity contribution in [2.75, 3.05) is 11.7 Å². The van der Waals surface area contributed by atoms with Gasteiger partial charge in [-0.15, -0.1) is 0 Å². The first-order valence-electron chi connectivity index (χ1n) is 12.4. The number of nitrogens with one attached hydrogen (secondary N) is 1. The molecule has 2 aromatic heterocycles. The Kier molecular flexibility index (Phi) is 6.72. The zero-order valence-electron chi connectivity index (χ0n) is 21.1. The van der Waals surface area contributed by atoms with Gasteiger partial charge in [0.15, 0.2) is 0 Å². The van der Waals surface area contributed by atoms with E-state index in [1.54, 1.807) is 42.9 Å². The average molecular weight is 539 g/mol. The van der Waals surface area contributed by atoms with Crippen LogP contribution in [0.25, 0.3) is 33.5 Å². The van der Waals surface area contributed by atoms with Gasteiger partial charge in [0.1, 0.15) is 17.5 Å². The number of rotatable bonds is 6. The van der Waals surface area contributed by atoms with Gasteiger partial charge in [0, 0.05) is 64.1 Å². The molecule has 0 radical (unpaired) electrons. The molecule has 3 heterocycles. The monoisotopic (exact) mass is 538 g/mol. The van der Waals surface area contributed by atoms with Gasteiger partial charge in [0.2, 0.25) is 0 Å². The van der Waals surface area contributed by atoms with Crippen LogP contribution in [0.4, 0.5) is 14.6 Å². The fourth-order valence-electron chi connectivity index (χ4n) is 4.90. The van der Waals surface area contributed by atoms with Crippen molar-refractivity contribution in [2.24, 2.45) is 0 Å². The first kappa shape index (κ1) is 25.0. The minimum absolute atomic E-state index is 0.315. The molecule has 6 rings (SSSR count). The van der Waals surface area contributed by atoms with Crippen molar-refractivity contribution >= 4 is 16.6 Å². The third-order valence-electron chi connectivity index (χ3n) is 6.76. The average Bonchev–Trinajstić information content (AvgIpc) is 3.36. The van der Waals surface area contributed by atoms with Crippen LogP contribution in [0.15, 0.2) is 102 Å². The molecule has 0 saturated heterocycles. The van der Waals surface area contributed by atoms with Crippen LogP contribution in [0.1, 0.15) is 11.1 Å². The highest BCUT2D eigenvalue weighted by atomic mass is 32.2. The number of fused-ring (bicyclic) bond motifs is 1. The third kappa shape index (κ3) is 5.08. The van der Waals surface area contributed by atoms with E-state index in [9.17, 15) is 13.0 Å². The molecule has 1 atom stereocenters. The molecule has 0 spiro atoms. The van der Waals surface area contributed by atoms with E-state index >= 15 is 0 Å². The van der Waals surface area contributed by atoms with Gasteiger partial charge in [-0.2, -0.15) is 0 Å². The lowest BCUT2D eigenvalue weighted by molar-refractivity contribution is 0.335. The lowest BCUT2D eigenvalue weighted by atomic mass is 9.88. The number of nitrogens with zero attached hydrogens (tertiary/aromatic N) is 3. The Balaban J connectivity index is 1.51. The van der Waals surface area contributed by atoms with Crippen molar-refractivity contribution in [3.05, 3.63) is 120 Å². The number of anilines is 1. The van der Waals surface area contributed by atoms with Crippen LogP contribution in [-0.2, 0) is 23.9 Å². The predicted molar refractivity (Wildman–Crippen MR) is 150 cm³/mol. The molecule has 194 valence electrons. The number of halogens is 2. The second kappa shape index (κ2) is 10.5. The second-order valence-corrected chi connectivity index (χ2v) is 10.7. The first-order chi connectivity index (χ1) is 19.0. The molecule has 1 aliphatic rings. The van der Waals surface area contributed by atoms with Crippen LogP contribution in [-0.4, -0.2) is 25.4 Å². The van der Waals surface area contributed by atoms with Gasteiger partial charge in [-0.05, 0) is 82.9 Å². The van der Waals surface area contributed by atoms with Crippen LogP contribution in [0.5, 0.6) is 0 Å². The van der Waals surface area contributed by atoms with Crippen molar-refractivity contribution in [3.8, 4) is 33.5 Å². The highest BCUT2D eigenvalue weighted by Crippen LogP contribution is 2.45. The van der Waals surface area contributed by atoms with E-state index in [4.69, 9.17) is 4.98 Å². The zero-order chi connectivity index (χ0) is 26.9. The van der Waals surface area contributed by atoms with E-state index in [1.807, 2.05) is 36.4 Å². The van der Waals surface area contributed by atoms with Gasteiger partial charge in [-0.3, -0.25) is 9.19 Å². The fraction of sp³-hybridized carbons (Fsp3) is 0.0968. The molecule has 3 aromatic carbocycles. The maximum Gasteiger partial charge on any atom is 0.146 e. The lowest BCUT2D eigenvalue weighted by Crippen LogP contribution is -2.23. The van der Waals surface area contributed by atoms with Crippen LogP contribution >= 0.6 is 0 Å². The molecule has 1 unspecified atom stereocenters. The summed E-state index contributed by atoms with van der Waals surface area (Å²) in [4.78, 5) is 10.0. The molecule has 8 heteroatoms. The first-order valence-corrected chi connectivity index (χ1v) is 13.9. The summed E-state index contributed by atoms with van der Waals surface area (Å²) in [7, 11) is -1.04. The highest BCUT2D eigenvalue weighted by molar-refractivity contribution is 7.84. The van der Waals surface area contributed by atoms with E-state index in [0.717, 1.165) is 43.8 Å². The molecule has 1 N–H and O–H groups in total. The van der Waals surface area contributed by atoms with Gasteiger partial charge >= 0.3 is 0 Å². The Bertz CT molecular complexity index is 1660.